The third-order valence-corrected chi connectivity index (χ3v) is 4.82. The number of nitrogens with one attached hydrogen (secondary N) is 1. The van der Waals surface area contributed by atoms with Gasteiger partial charge < -0.3 is 15.2 Å². The van der Waals surface area contributed by atoms with Crippen LogP contribution in [-0.2, 0) is 13.0 Å². The number of aromatic nitrogens is 1. The van der Waals surface area contributed by atoms with Gasteiger partial charge in [0.25, 0.3) is 0 Å². The van der Waals surface area contributed by atoms with Gasteiger partial charge in [-0.05, 0) is 36.8 Å². The lowest BCUT2D eigenvalue weighted by Crippen LogP contribution is -1.96. The Hall–Kier alpha value is -1.88. The molecule has 0 spiro atoms. The maximum Gasteiger partial charge on any atom is 0.113 e. The van der Waals surface area contributed by atoms with E-state index in [0.717, 1.165) is 28.2 Å². The Bertz CT molecular complexity index is 743. The predicted octanol–water partition coefficient (Wildman–Crippen LogP) is 3.55. The van der Waals surface area contributed by atoms with E-state index in [-0.39, 0.29) is 6.61 Å². The van der Waals surface area contributed by atoms with E-state index >= 15 is 0 Å². The average Bonchev–Trinajstić information content (AvgIpc) is 3.17. The molecule has 3 aromatic rings. The van der Waals surface area contributed by atoms with Crippen molar-refractivity contribution in [3.05, 3.63) is 80.8 Å². The number of benzene rings is 1. The molecule has 3 N–H and O–H groups in total. The van der Waals surface area contributed by atoms with Gasteiger partial charge in [-0.1, -0.05) is 29.8 Å². The minimum absolute atomic E-state index is 0.0296. The number of hydrogen-bond donors (Lipinski definition) is 3. The first-order valence-corrected chi connectivity index (χ1v) is 8.08. The number of thiophene rings is 1. The van der Waals surface area contributed by atoms with Gasteiger partial charge in [0.15, 0.2) is 0 Å². The first-order chi connectivity index (χ1) is 10.7. The number of aromatic amines is 1. The van der Waals surface area contributed by atoms with Crippen molar-refractivity contribution in [1.29, 1.82) is 0 Å². The van der Waals surface area contributed by atoms with E-state index in [0.29, 0.717) is 0 Å². The van der Waals surface area contributed by atoms with Crippen LogP contribution < -0.4 is 0 Å². The lowest BCUT2D eigenvalue weighted by atomic mass is 10.1. The molecule has 1 atom stereocenters. The highest BCUT2D eigenvalue weighted by Crippen LogP contribution is 2.29. The van der Waals surface area contributed by atoms with E-state index in [2.05, 4.69) is 11.1 Å². The van der Waals surface area contributed by atoms with Crippen molar-refractivity contribution < 1.29 is 10.2 Å². The second-order valence-corrected chi connectivity index (χ2v) is 6.66. The molecular formula is C18H19NO2S. The summed E-state index contributed by atoms with van der Waals surface area (Å²) in [7, 11) is 0. The largest absolute Gasteiger partial charge is 0.390 e. The highest BCUT2D eigenvalue weighted by atomic mass is 32.1. The Kier molecular flexibility index (Phi) is 4.43. The minimum Gasteiger partial charge on any atom is -0.390 e. The quantitative estimate of drug-likeness (QED) is 0.675. The second-order valence-electron chi connectivity index (χ2n) is 5.46. The van der Waals surface area contributed by atoms with E-state index in [1.807, 2.05) is 49.4 Å². The van der Waals surface area contributed by atoms with Gasteiger partial charge in [-0.3, -0.25) is 0 Å². The number of rotatable bonds is 5. The van der Waals surface area contributed by atoms with Gasteiger partial charge in [0.05, 0.1) is 6.61 Å². The summed E-state index contributed by atoms with van der Waals surface area (Å²) < 4.78 is 0. The van der Waals surface area contributed by atoms with Crippen LogP contribution in [0.3, 0.4) is 0 Å². The third-order valence-electron chi connectivity index (χ3n) is 3.69. The molecule has 0 fully saturated rings. The molecular weight excluding hydrogens is 294 g/mol. The number of hydrogen-bond acceptors (Lipinski definition) is 3. The molecule has 0 bridgehead atoms. The van der Waals surface area contributed by atoms with Gasteiger partial charge in [0.1, 0.15) is 6.10 Å². The van der Waals surface area contributed by atoms with Gasteiger partial charge >= 0.3 is 0 Å². The molecule has 0 aliphatic carbocycles. The lowest BCUT2D eigenvalue weighted by Gasteiger charge is -2.09. The van der Waals surface area contributed by atoms with Crippen LogP contribution >= 0.6 is 11.3 Å². The van der Waals surface area contributed by atoms with E-state index in [4.69, 9.17) is 5.11 Å². The highest BCUT2D eigenvalue weighted by Gasteiger charge is 2.13. The molecule has 0 aliphatic rings. The maximum atomic E-state index is 10.5. The van der Waals surface area contributed by atoms with Crippen molar-refractivity contribution in [3.63, 3.8) is 0 Å². The van der Waals surface area contributed by atoms with Gasteiger partial charge in [0.2, 0.25) is 0 Å². The van der Waals surface area contributed by atoms with Crippen LogP contribution in [0.5, 0.6) is 0 Å². The lowest BCUT2D eigenvalue weighted by molar-refractivity contribution is 0.224. The molecule has 2 heterocycles. The minimum atomic E-state index is -0.573. The first kappa shape index (κ1) is 15.0. The second kappa shape index (κ2) is 6.48. The average molecular weight is 313 g/mol. The van der Waals surface area contributed by atoms with Gasteiger partial charge in [-0.15, -0.1) is 11.3 Å². The summed E-state index contributed by atoms with van der Waals surface area (Å²) in [5.74, 6) is 0. The van der Waals surface area contributed by atoms with E-state index in [1.54, 1.807) is 11.3 Å². The van der Waals surface area contributed by atoms with Crippen LogP contribution in [0.4, 0.5) is 0 Å². The van der Waals surface area contributed by atoms with Crippen LogP contribution in [0.2, 0.25) is 0 Å². The number of aliphatic hydroxyl groups excluding tert-OH is 2. The Labute approximate surface area is 133 Å². The molecule has 4 heteroatoms. The summed E-state index contributed by atoms with van der Waals surface area (Å²) >= 11 is 1.62. The normalized spacial score (nSPS) is 12.5. The van der Waals surface area contributed by atoms with Crippen molar-refractivity contribution in [1.82, 2.24) is 4.98 Å². The third kappa shape index (κ3) is 3.30. The van der Waals surface area contributed by atoms with Gasteiger partial charge in [-0.25, -0.2) is 0 Å². The summed E-state index contributed by atoms with van der Waals surface area (Å²) in [6.07, 6.45) is 0.210. The molecule has 114 valence electrons. The maximum absolute atomic E-state index is 10.5. The van der Waals surface area contributed by atoms with Crippen LogP contribution in [-0.4, -0.2) is 15.2 Å². The SMILES string of the molecule is Cc1ccc(C(O)c2ccc(Cc3ccc(CO)[nH]3)s2)cc1. The molecule has 1 aromatic carbocycles. The highest BCUT2D eigenvalue weighted by molar-refractivity contribution is 7.12. The molecule has 1 unspecified atom stereocenters. The van der Waals surface area contributed by atoms with Crippen molar-refractivity contribution in [2.75, 3.05) is 0 Å². The zero-order valence-electron chi connectivity index (χ0n) is 12.4. The van der Waals surface area contributed by atoms with Crippen molar-refractivity contribution >= 4 is 11.3 Å². The van der Waals surface area contributed by atoms with Crippen molar-refractivity contribution in [2.45, 2.75) is 26.1 Å². The monoisotopic (exact) mass is 313 g/mol. The number of H-pyrrole nitrogens is 1. The zero-order valence-corrected chi connectivity index (χ0v) is 13.2. The Morgan fingerprint density at radius 1 is 1.00 bits per heavy atom. The smallest absolute Gasteiger partial charge is 0.113 e. The Balaban J connectivity index is 1.73. The van der Waals surface area contributed by atoms with E-state index in [1.165, 1.54) is 10.4 Å². The zero-order chi connectivity index (χ0) is 15.5. The molecule has 3 rings (SSSR count). The Morgan fingerprint density at radius 2 is 1.73 bits per heavy atom. The van der Waals surface area contributed by atoms with Crippen molar-refractivity contribution in [3.8, 4) is 0 Å². The van der Waals surface area contributed by atoms with Gasteiger partial charge in [0, 0.05) is 27.6 Å². The van der Waals surface area contributed by atoms with Gasteiger partial charge in [-0.2, -0.15) is 0 Å². The van der Waals surface area contributed by atoms with Crippen molar-refractivity contribution in [2.24, 2.45) is 0 Å². The van der Waals surface area contributed by atoms with E-state index in [9.17, 15) is 5.11 Å². The summed E-state index contributed by atoms with van der Waals surface area (Å²) in [5.41, 5.74) is 4.00. The fraction of sp³-hybridized carbons (Fsp3) is 0.222. The molecule has 0 saturated carbocycles. The van der Waals surface area contributed by atoms with Crippen LogP contribution in [0.1, 0.15) is 38.4 Å². The predicted molar refractivity (Wildman–Crippen MR) is 89.1 cm³/mol. The number of aliphatic hydroxyl groups is 2. The molecule has 0 aliphatic heterocycles. The molecule has 22 heavy (non-hydrogen) atoms. The molecule has 0 amide bonds. The molecule has 2 aromatic heterocycles. The standard InChI is InChI=1S/C18H19NO2S/c1-12-2-4-13(5-3-12)18(21)17-9-8-16(22-17)10-14-6-7-15(11-20)19-14/h2-9,18-21H,10-11H2,1H3. The Morgan fingerprint density at radius 3 is 2.41 bits per heavy atom. The van der Waals surface area contributed by atoms with Crippen LogP contribution in [0.15, 0.2) is 48.5 Å². The summed E-state index contributed by atoms with van der Waals surface area (Å²) in [5, 5.41) is 19.6. The molecule has 3 nitrogen and oxygen atoms in total. The topological polar surface area (TPSA) is 56.2 Å². The van der Waals surface area contributed by atoms with Crippen LogP contribution in [0.25, 0.3) is 0 Å². The summed E-state index contributed by atoms with van der Waals surface area (Å²) in [4.78, 5) is 5.32. The molecule has 0 saturated heterocycles. The fourth-order valence-corrected chi connectivity index (χ4v) is 3.47. The van der Waals surface area contributed by atoms with E-state index < -0.39 is 6.10 Å². The first-order valence-electron chi connectivity index (χ1n) is 7.26. The number of aryl methyl sites for hydroxylation is 1. The summed E-state index contributed by atoms with van der Waals surface area (Å²) in [6, 6.07) is 15.9. The fourth-order valence-electron chi connectivity index (χ4n) is 2.42. The van der Waals surface area contributed by atoms with Crippen LogP contribution in [0, 0.1) is 6.92 Å². The summed E-state index contributed by atoms with van der Waals surface area (Å²) in [6.45, 7) is 2.07. The molecule has 0 radical (unpaired) electrons.